The van der Waals surface area contributed by atoms with Crippen molar-refractivity contribution >= 4 is 40.9 Å². The van der Waals surface area contributed by atoms with E-state index in [4.69, 9.17) is 59.6 Å². The number of hydrogen-bond donors (Lipinski definition) is 2. The molecule has 13 aliphatic rings. The first-order valence-corrected chi connectivity index (χ1v) is 35.4. The molecule has 16 nitrogen and oxygen atoms in total. The number of benzene rings is 2. The first-order valence-electron chi connectivity index (χ1n) is 35.1. The molecule has 496 valence electrons. The Bertz CT molecular complexity index is 3210. The number of carbonyl (C=O) groups excluding carboxylic acids is 2. The van der Waals surface area contributed by atoms with Gasteiger partial charge in [0.2, 0.25) is 29.8 Å². The van der Waals surface area contributed by atoms with E-state index in [0.717, 1.165) is 140 Å². The fourth-order valence-electron chi connectivity index (χ4n) is 18.5. The molecule has 8 saturated heterocycles. The molecule has 3 aliphatic carbocycles. The molecular weight excluding hydrogens is 1170 g/mol. The van der Waals surface area contributed by atoms with Crippen molar-refractivity contribution in [3.8, 4) is 0 Å². The van der Waals surface area contributed by atoms with Crippen LogP contribution in [0.15, 0.2) is 94.7 Å². The van der Waals surface area contributed by atoms with Gasteiger partial charge in [-0.2, -0.15) is 4.58 Å². The van der Waals surface area contributed by atoms with Crippen molar-refractivity contribution in [2.45, 2.75) is 250 Å². The van der Waals surface area contributed by atoms with Crippen LogP contribution in [0, 0.1) is 47.3 Å². The van der Waals surface area contributed by atoms with Crippen LogP contribution in [-0.4, -0.2) is 96.6 Å². The number of anilines is 1. The zero-order valence-electron chi connectivity index (χ0n) is 55.8. The van der Waals surface area contributed by atoms with E-state index in [-0.39, 0.29) is 46.3 Å². The number of para-hydroxylation sites is 2. The molecule has 2 N–H and O–H groups in total. The summed E-state index contributed by atoms with van der Waals surface area (Å²) in [6, 6.07) is 17.6. The molecule has 17 heteroatoms. The Hall–Kier alpha value is -4.62. The number of rotatable bonds is 19. The zero-order valence-corrected chi connectivity index (χ0v) is 56.5. The van der Waals surface area contributed by atoms with E-state index < -0.39 is 60.1 Å². The largest absolute Gasteiger partial charge is 0.419 e. The highest BCUT2D eigenvalue weighted by Gasteiger charge is 2.71. The highest BCUT2D eigenvalue weighted by Crippen LogP contribution is 2.63. The molecule has 15 rings (SSSR count). The Morgan fingerprint density at radius 2 is 1.16 bits per heavy atom. The average Bonchev–Trinajstić information content (AvgIpc) is 1.71. The number of nitrogens with zero attached hydrogens (tertiary/aromatic N) is 2. The van der Waals surface area contributed by atoms with Crippen LogP contribution in [0.4, 0.5) is 21.0 Å². The van der Waals surface area contributed by atoms with Gasteiger partial charge in [-0.15, -0.1) is 0 Å². The number of fused-ring (bicyclic) bond motifs is 6. The summed E-state index contributed by atoms with van der Waals surface area (Å²) in [5, 5.41) is 6.89. The molecule has 0 aromatic heterocycles. The van der Waals surface area contributed by atoms with Crippen LogP contribution in [-0.2, 0) is 58.8 Å². The number of unbranched alkanes of at least 4 members (excludes halogenated alkanes) is 6. The summed E-state index contributed by atoms with van der Waals surface area (Å²) in [5.41, 5.74) is 8.31. The van der Waals surface area contributed by atoms with E-state index in [0.29, 0.717) is 24.9 Å². The lowest BCUT2D eigenvalue weighted by Gasteiger charge is -2.59. The molecule has 2 aromatic carbocycles. The number of nitrogens with one attached hydrogen (secondary N) is 2. The number of allylic oxidation sites excluding steroid dienone is 8. The lowest BCUT2D eigenvalue weighted by Crippen LogP contribution is -2.70. The summed E-state index contributed by atoms with van der Waals surface area (Å²) in [7, 11) is 0. The summed E-state index contributed by atoms with van der Waals surface area (Å²) >= 11 is 7.48. The maximum absolute atomic E-state index is 13.3. The van der Waals surface area contributed by atoms with Gasteiger partial charge < -0.3 is 44.0 Å². The third-order valence-electron chi connectivity index (χ3n) is 23.7. The van der Waals surface area contributed by atoms with Crippen LogP contribution >= 0.6 is 11.6 Å². The Balaban J connectivity index is 0.593. The highest BCUT2D eigenvalue weighted by molar-refractivity contribution is 6.32. The molecule has 10 aliphatic heterocycles. The minimum absolute atomic E-state index is 0.0760. The second-order valence-electron chi connectivity index (χ2n) is 30.3. The zero-order chi connectivity index (χ0) is 63.7. The van der Waals surface area contributed by atoms with E-state index in [2.05, 4.69) is 148 Å². The van der Waals surface area contributed by atoms with Gasteiger partial charge in [0.25, 0.3) is 0 Å². The van der Waals surface area contributed by atoms with Crippen molar-refractivity contribution in [1.82, 2.24) is 10.6 Å². The normalized spacial score (nSPS) is 38.3. The van der Waals surface area contributed by atoms with Crippen LogP contribution in [0.5, 0.6) is 0 Å². The van der Waals surface area contributed by atoms with Crippen LogP contribution in [0.2, 0.25) is 0 Å². The fraction of sp³-hybridized carbons (Fsp3) is 0.689. The Morgan fingerprint density at radius 3 is 1.77 bits per heavy atom. The number of amides is 2. The van der Waals surface area contributed by atoms with Gasteiger partial charge in [0.05, 0.1) is 5.41 Å². The van der Waals surface area contributed by atoms with Crippen molar-refractivity contribution in [2.24, 2.45) is 47.3 Å². The Morgan fingerprint density at radius 1 is 0.615 bits per heavy atom. The minimum atomic E-state index is -0.882. The number of ether oxygens (including phenoxy) is 6. The van der Waals surface area contributed by atoms with E-state index in [1.165, 1.54) is 45.1 Å². The van der Waals surface area contributed by atoms with E-state index in [9.17, 15) is 9.59 Å². The summed E-state index contributed by atoms with van der Waals surface area (Å²) < 4.78 is 40.5. The van der Waals surface area contributed by atoms with Gasteiger partial charge in [0.1, 0.15) is 6.54 Å². The first-order chi connectivity index (χ1) is 43.7. The monoisotopic (exact) mass is 1270 g/mol. The Labute approximate surface area is 545 Å². The van der Waals surface area contributed by atoms with Gasteiger partial charge in [-0.05, 0) is 164 Å². The molecule has 10 fully saturated rings. The predicted molar refractivity (Wildman–Crippen MR) is 348 cm³/mol. The molecule has 4 bridgehead atoms. The average molecular weight is 1280 g/mol. The minimum Gasteiger partial charge on any atom is -0.419 e. The van der Waals surface area contributed by atoms with Crippen LogP contribution in [0.25, 0.3) is 0 Å². The number of carbonyl (C=O) groups is 2. The fourth-order valence-corrected chi connectivity index (χ4v) is 18.8. The smallest absolute Gasteiger partial charge is 0.409 e. The molecule has 10 heterocycles. The maximum Gasteiger partial charge on any atom is 0.409 e. The van der Waals surface area contributed by atoms with Crippen LogP contribution in [0.1, 0.15) is 202 Å². The van der Waals surface area contributed by atoms with Gasteiger partial charge in [-0.25, -0.2) is 29.1 Å². The molecule has 2 saturated carbocycles. The van der Waals surface area contributed by atoms with Crippen molar-refractivity contribution in [2.75, 3.05) is 31.1 Å². The number of halogens is 1. The third-order valence-corrected chi connectivity index (χ3v) is 24.2. The standard InChI is InChI=1S/C74H101ClN4O12/c1-46-30-34-54-48(3)63(82-65-73(54)52(46)38-40-71(9,86-65)88-90-73)84-67(80)76-42-19-11-13-21-44-78-58-28-17-15-26-56(58)69(5,6)60(78)36-32-50-24-23-25-51(62(50)75)33-37-61-70(7,8)57-27-16-18-29-59(57)79(61)45-22-14-12-20-43-77-68(81)85-64-49(4)55-35-31-47(2)53-39-41-72(10)87-66(83-64)74(53,55)91-89-72/h15-18,26-29,32-33,36-37,46-49,52-55,63-66H,11-14,19-25,30-31,34-35,38-45H2,1-10H3,(H-,76,77,80,81)/p+1/t46-,47-,48-,49-,52+,53+,54+,55+,63?,64?,65-,66-,71-,72+,73-,74-/m0/s1. The third kappa shape index (κ3) is 11.9. The lowest BCUT2D eigenvalue weighted by atomic mass is 9.58. The van der Waals surface area contributed by atoms with Crippen molar-refractivity contribution < 1.29 is 62.1 Å². The van der Waals surface area contributed by atoms with Gasteiger partial charge in [-0.1, -0.05) is 121 Å². The van der Waals surface area contributed by atoms with Crippen molar-refractivity contribution in [3.63, 3.8) is 0 Å². The molecule has 2 spiro atoms. The number of alkyl carbamates (subject to hydrolysis) is 2. The quantitative estimate of drug-likeness (QED) is 0.0779. The number of hydrogen-bond acceptors (Lipinski definition) is 13. The molecule has 2 amide bonds. The molecule has 2 unspecified atom stereocenters. The summed E-state index contributed by atoms with van der Waals surface area (Å²) in [4.78, 5) is 53.6. The van der Waals surface area contributed by atoms with Crippen LogP contribution < -0.4 is 15.5 Å². The van der Waals surface area contributed by atoms with Gasteiger partial charge >= 0.3 is 12.2 Å². The predicted octanol–water partition coefficient (Wildman–Crippen LogP) is 15.9. The second kappa shape index (κ2) is 25.8. The topological polar surface area (TPSA) is 157 Å². The molecule has 2 aromatic rings. The SMILES string of the molecule is C[C@@H]1C(OC(=O)NCCCCCC[N+]2=C(/C=C/C3=C(Cl)C(=C/C=C4/N(CCCCCCNC(=O)OC5O[C@H]6O[C@]7(C)CC[C@@H]8[C@@H](C)CC[C@H]([C@@H]5C)[C@]68OO7)c5ccccc5C4(C)C)/CCC3)C(C)(C)c3ccccc32)O[C@H]2O[C@@]3(C)CC[C@@H]4[C@@H](C)CC[C@H]1[C@]24OO3. The van der Waals surface area contributed by atoms with E-state index >= 15 is 0 Å². The second-order valence-corrected chi connectivity index (χ2v) is 30.7. The first kappa shape index (κ1) is 65.1. The summed E-state index contributed by atoms with van der Waals surface area (Å²) in [6.45, 7) is 24.8. The molecule has 0 radical (unpaired) electrons. The summed E-state index contributed by atoms with van der Waals surface area (Å²) in [5.74, 6) is -0.308. The molecule has 91 heavy (non-hydrogen) atoms. The molecular formula is C74H102ClN4O12+. The lowest BCUT2D eigenvalue weighted by molar-refractivity contribution is -0.576. The van der Waals surface area contributed by atoms with Crippen molar-refractivity contribution in [3.05, 3.63) is 106 Å². The van der Waals surface area contributed by atoms with E-state index in [1.807, 2.05) is 13.8 Å². The van der Waals surface area contributed by atoms with Gasteiger partial charge in [0.15, 0.2) is 29.5 Å². The van der Waals surface area contributed by atoms with Crippen molar-refractivity contribution in [1.29, 1.82) is 0 Å². The van der Waals surface area contributed by atoms with Gasteiger partial charge in [0, 0.05) is 102 Å². The summed E-state index contributed by atoms with van der Waals surface area (Å²) in [6.07, 6.45) is 23.6. The van der Waals surface area contributed by atoms with Gasteiger partial charge in [-0.3, -0.25) is 0 Å². The van der Waals surface area contributed by atoms with Crippen LogP contribution in [0.3, 0.4) is 0 Å². The van der Waals surface area contributed by atoms with E-state index in [1.54, 1.807) is 0 Å². The maximum atomic E-state index is 13.3. The molecule has 16 atom stereocenters. The highest BCUT2D eigenvalue weighted by atomic mass is 35.5. The Kier molecular flexibility index (Phi) is 18.5.